The maximum Gasteiger partial charge on any atom is 0.252 e. The van der Waals surface area contributed by atoms with Crippen LogP contribution in [0.1, 0.15) is 0 Å². The highest BCUT2D eigenvalue weighted by molar-refractivity contribution is 7.91. The Kier molecular flexibility index (Phi) is 3.15. The third-order valence-corrected chi connectivity index (χ3v) is 3.21. The van der Waals surface area contributed by atoms with E-state index in [1.54, 1.807) is 0 Å². The summed E-state index contributed by atoms with van der Waals surface area (Å²) in [6, 6.07) is 4.45. The monoisotopic (exact) mass is 224 g/mol. The van der Waals surface area contributed by atoms with Crippen molar-refractivity contribution in [2.45, 2.75) is 11.3 Å². The Morgan fingerprint density at radius 3 is 2.29 bits per heavy atom. The maximum absolute atomic E-state index is 12.9. The van der Waals surface area contributed by atoms with Gasteiger partial charge in [-0.15, -0.1) is 0 Å². The zero-order valence-electron chi connectivity index (χ0n) is 6.95. The molecule has 0 saturated heterocycles. The molecule has 0 unspecified atom stereocenters. The zero-order chi connectivity index (χ0) is 10.8. The molecule has 0 fully saturated rings. The molecular formula is C8H7F3O2S. The highest BCUT2D eigenvalue weighted by Crippen LogP contribution is 2.16. The number of hydrogen-bond acceptors (Lipinski definition) is 2. The Morgan fingerprint density at radius 2 is 1.79 bits per heavy atom. The van der Waals surface area contributed by atoms with Crippen LogP contribution in [0.25, 0.3) is 0 Å². The average Bonchev–Trinajstić information content (AvgIpc) is 2.02. The van der Waals surface area contributed by atoms with Crippen LogP contribution >= 0.6 is 0 Å². The SMILES string of the molecule is O=S(=O)(CC(F)F)c1ccccc1F. The lowest BCUT2D eigenvalue weighted by Gasteiger charge is -2.03. The van der Waals surface area contributed by atoms with Crippen LogP contribution in [0.4, 0.5) is 13.2 Å². The number of hydrogen-bond donors (Lipinski definition) is 0. The largest absolute Gasteiger partial charge is 0.252 e. The molecular weight excluding hydrogens is 217 g/mol. The van der Waals surface area contributed by atoms with E-state index in [0.29, 0.717) is 0 Å². The minimum atomic E-state index is -4.22. The van der Waals surface area contributed by atoms with Gasteiger partial charge in [0.15, 0.2) is 9.84 Å². The lowest BCUT2D eigenvalue weighted by molar-refractivity contribution is 0.174. The Balaban J connectivity index is 3.11. The fourth-order valence-electron chi connectivity index (χ4n) is 0.953. The normalized spacial score (nSPS) is 12.0. The van der Waals surface area contributed by atoms with Crippen molar-refractivity contribution in [1.82, 2.24) is 0 Å². The fourth-order valence-corrected chi connectivity index (χ4v) is 2.11. The van der Waals surface area contributed by atoms with Gasteiger partial charge in [0.2, 0.25) is 0 Å². The summed E-state index contributed by atoms with van der Waals surface area (Å²) in [6.45, 7) is 0. The van der Waals surface area contributed by atoms with Gasteiger partial charge >= 0.3 is 0 Å². The predicted octanol–water partition coefficient (Wildman–Crippen LogP) is 1.86. The number of halogens is 3. The van der Waals surface area contributed by atoms with E-state index in [9.17, 15) is 21.6 Å². The van der Waals surface area contributed by atoms with Gasteiger partial charge in [-0.2, -0.15) is 0 Å². The van der Waals surface area contributed by atoms with Gasteiger partial charge in [-0.25, -0.2) is 21.6 Å². The van der Waals surface area contributed by atoms with Crippen molar-refractivity contribution >= 4 is 9.84 Å². The molecule has 0 saturated carbocycles. The molecule has 0 aliphatic carbocycles. The number of sulfone groups is 1. The van der Waals surface area contributed by atoms with Crippen molar-refractivity contribution in [3.63, 3.8) is 0 Å². The van der Waals surface area contributed by atoms with Gasteiger partial charge in [-0.05, 0) is 12.1 Å². The van der Waals surface area contributed by atoms with Gasteiger partial charge < -0.3 is 0 Å². The summed E-state index contributed by atoms with van der Waals surface area (Å²) in [7, 11) is -4.22. The molecule has 0 spiro atoms. The first kappa shape index (κ1) is 11.0. The standard InChI is InChI=1S/C8H7F3O2S/c9-6-3-1-2-4-7(6)14(12,13)5-8(10)11/h1-4,8H,5H2. The smallest absolute Gasteiger partial charge is 0.223 e. The number of benzene rings is 1. The summed E-state index contributed by atoms with van der Waals surface area (Å²) in [5, 5.41) is 0. The molecule has 2 nitrogen and oxygen atoms in total. The molecule has 1 aromatic rings. The molecule has 0 atom stereocenters. The third kappa shape index (κ3) is 2.47. The van der Waals surface area contributed by atoms with E-state index in [1.165, 1.54) is 12.1 Å². The molecule has 1 aromatic carbocycles. The minimum absolute atomic E-state index is 0.680. The van der Waals surface area contributed by atoms with Gasteiger partial charge in [-0.1, -0.05) is 12.1 Å². The van der Waals surface area contributed by atoms with E-state index in [0.717, 1.165) is 12.1 Å². The van der Waals surface area contributed by atoms with Gasteiger partial charge in [0.05, 0.1) is 0 Å². The summed E-state index contributed by atoms with van der Waals surface area (Å²) < 4.78 is 58.9. The van der Waals surface area contributed by atoms with Gasteiger partial charge in [0.1, 0.15) is 16.5 Å². The van der Waals surface area contributed by atoms with Crippen LogP contribution in [0.3, 0.4) is 0 Å². The molecule has 14 heavy (non-hydrogen) atoms. The van der Waals surface area contributed by atoms with E-state index in [2.05, 4.69) is 0 Å². The van der Waals surface area contributed by atoms with Crippen LogP contribution < -0.4 is 0 Å². The second-order valence-corrected chi connectivity index (χ2v) is 4.61. The van der Waals surface area contributed by atoms with Crippen molar-refractivity contribution in [2.75, 3.05) is 5.75 Å². The Labute approximate surface area is 79.3 Å². The Morgan fingerprint density at radius 1 is 1.21 bits per heavy atom. The molecule has 0 heterocycles. The third-order valence-electron chi connectivity index (χ3n) is 1.52. The minimum Gasteiger partial charge on any atom is -0.223 e. The average molecular weight is 224 g/mol. The topological polar surface area (TPSA) is 34.1 Å². The Hall–Kier alpha value is -1.04. The van der Waals surface area contributed by atoms with Crippen LogP contribution in [-0.2, 0) is 9.84 Å². The first-order valence-corrected chi connectivity index (χ1v) is 5.34. The molecule has 0 aliphatic rings. The molecule has 0 aromatic heterocycles. The van der Waals surface area contributed by atoms with Crippen molar-refractivity contribution in [2.24, 2.45) is 0 Å². The number of alkyl halides is 2. The molecule has 0 amide bonds. The second-order valence-electron chi connectivity index (χ2n) is 2.60. The van der Waals surface area contributed by atoms with Gasteiger partial charge in [0.25, 0.3) is 6.43 Å². The Bertz CT molecular complexity index is 414. The van der Waals surface area contributed by atoms with Crippen LogP contribution in [0.5, 0.6) is 0 Å². The van der Waals surface area contributed by atoms with E-state index in [-0.39, 0.29) is 0 Å². The van der Waals surface area contributed by atoms with E-state index in [4.69, 9.17) is 0 Å². The van der Waals surface area contributed by atoms with Crippen molar-refractivity contribution in [3.8, 4) is 0 Å². The maximum atomic E-state index is 12.9. The highest BCUT2D eigenvalue weighted by Gasteiger charge is 2.23. The van der Waals surface area contributed by atoms with Crippen molar-refractivity contribution in [3.05, 3.63) is 30.1 Å². The quantitative estimate of drug-likeness (QED) is 0.785. The summed E-state index contributed by atoms with van der Waals surface area (Å²) in [5.74, 6) is -2.36. The van der Waals surface area contributed by atoms with E-state index in [1.807, 2.05) is 0 Å². The molecule has 0 bridgehead atoms. The molecule has 0 aliphatic heterocycles. The van der Waals surface area contributed by atoms with Gasteiger partial charge in [0, 0.05) is 0 Å². The van der Waals surface area contributed by atoms with Crippen LogP contribution in [-0.4, -0.2) is 20.6 Å². The molecule has 0 N–H and O–H groups in total. The van der Waals surface area contributed by atoms with Crippen LogP contribution in [0, 0.1) is 5.82 Å². The zero-order valence-corrected chi connectivity index (χ0v) is 7.77. The summed E-state index contributed by atoms with van der Waals surface area (Å²) in [6.07, 6.45) is -3.00. The second kappa shape index (κ2) is 4.00. The van der Waals surface area contributed by atoms with Crippen LogP contribution in [0.15, 0.2) is 29.2 Å². The molecule has 6 heteroatoms. The van der Waals surface area contributed by atoms with Gasteiger partial charge in [-0.3, -0.25) is 0 Å². The first-order chi connectivity index (χ1) is 6.43. The first-order valence-electron chi connectivity index (χ1n) is 3.69. The van der Waals surface area contributed by atoms with E-state index >= 15 is 0 Å². The molecule has 1 rings (SSSR count). The predicted molar refractivity (Wildman–Crippen MR) is 44.5 cm³/mol. The lowest BCUT2D eigenvalue weighted by atomic mass is 10.3. The highest BCUT2D eigenvalue weighted by atomic mass is 32.2. The number of rotatable bonds is 3. The summed E-state index contributed by atoms with van der Waals surface area (Å²) in [4.78, 5) is -0.680. The van der Waals surface area contributed by atoms with Crippen LogP contribution in [0.2, 0.25) is 0 Å². The van der Waals surface area contributed by atoms with Crippen molar-refractivity contribution in [1.29, 1.82) is 0 Å². The molecule has 78 valence electrons. The van der Waals surface area contributed by atoms with Crippen molar-refractivity contribution < 1.29 is 21.6 Å². The van der Waals surface area contributed by atoms with E-state index < -0.39 is 32.7 Å². The molecule has 0 radical (unpaired) electrons. The lowest BCUT2D eigenvalue weighted by Crippen LogP contribution is -2.14. The fraction of sp³-hybridized carbons (Fsp3) is 0.250. The summed E-state index contributed by atoms with van der Waals surface area (Å²) in [5.41, 5.74) is 0. The summed E-state index contributed by atoms with van der Waals surface area (Å²) >= 11 is 0.